The largest absolute Gasteiger partial charge is 0.456 e. The molecule has 0 N–H and O–H groups in total. The third-order valence-corrected chi connectivity index (χ3v) is 5.60. The smallest absolute Gasteiger partial charge is 0.136 e. The first-order valence-electron chi connectivity index (χ1n) is 9.19. The number of rotatable bonds is 1. The Bertz CT molecular complexity index is 1470. The second-order valence-corrected chi connectivity index (χ2v) is 7.09. The Kier molecular flexibility index (Phi) is 2.84. The van der Waals surface area contributed by atoms with E-state index in [1.165, 1.54) is 43.7 Å². The van der Waals surface area contributed by atoms with Crippen molar-refractivity contribution in [3.8, 4) is 11.1 Å². The number of fused-ring (bicyclic) bond motifs is 6. The minimum Gasteiger partial charge on any atom is -0.456 e. The van der Waals surface area contributed by atoms with Crippen LogP contribution in [0.15, 0.2) is 89.3 Å². The highest BCUT2D eigenvalue weighted by Gasteiger charge is 2.16. The van der Waals surface area contributed by atoms with Crippen molar-refractivity contribution in [2.24, 2.45) is 7.05 Å². The van der Waals surface area contributed by atoms with Gasteiger partial charge in [0.05, 0.1) is 5.52 Å². The molecule has 0 amide bonds. The summed E-state index contributed by atoms with van der Waals surface area (Å²) in [5, 5.41) is 4.83. The first-order chi connectivity index (χ1) is 13.3. The maximum atomic E-state index is 6.12. The number of aromatic nitrogens is 1. The minimum atomic E-state index is 0.942. The van der Waals surface area contributed by atoms with Crippen molar-refractivity contribution in [2.45, 2.75) is 0 Å². The summed E-state index contributed by atoms with van der Waals surface area (Å²) in [5.41, 5.74) is 6.87. The molecule has 0 spiro atoms. The second-order valence-electron chi connectivity index (χ2n) is 7.09. The molecule has 6 rings (SSSR count). The summed E-state index contributed by atoms with van der Waals surface area (Å²) in [6, 6.07) is 29.9. The first-order valence-corrected chi connectivity index (χ1v) is 9.19. The van der Waals surface area contributed by atoms with Gasteiger partial charge in [0.25, 0.3) is 0 Å². The van der Waals surface area contributed by atoms with Gasteiger partial charge in [-0.05, 0) is 23.8 Å². The molecule has 2 heterocycles. The summed E-state index contributed by atoms with van der Waals surface area (Å²) in [5.74, 6) is 0. The van der Waals surface area contributed by atoms with Gasteiger partial charge in [-0.2, -0.15) is 0 Å². The van der Waals surface area contributed by atoms with Gasteiger partial charge < -0.3 is 8.98 Å². The van der Waals surface area contributed by atoms with Crippen molar-refractivity contribution in [1.82, 2.24) is 4.57 Å². The van der Waals surface area contributed by atoms with Crippen molar-refractivity contribution < 1.29 is 4.42 Å². The van der Waals surface area contributed by atoms with Gasteiger partial charge in [0.1, 0.15) is 11.2 Å². The van der Waals surface area contributed by atoms with Crippen LogP contribution in [0.4, 0.5) is 0 Å². The molecule has 0 saturated carbocycles. The average Bonchev–Trinajstić information content (AvgIpc) is 3.23. The number of hydrogen-bond acceptors (Lipinski definition) is 1. The highest BCUT2D eigenvalue weighted by Crippen LogP contribution is 2.39. The summed E-state index contributed by atoms with van der Waals surface area (Å²) in [4.78, 5) is 0. The summed E-state index contributed by atoms with van der Waals surface area (Å²) in [6.45, 7) is 0. The number of furan rings is 1. The Hall–Kier alpha value is -3.52. The van der Waals surface area contributed by atoms with Gasteiger partial charge in [-0.15, -0.1) is 0 Å². The van der Waals surface area contributed by atoms with Crippen LogP contribution >= 0.6 is 0 Å². The molecule has 0 unspecified atom stereocenters. The lowest BCUT2D eigenvalue weighted by Crippen LogP contribution is -1.89. The van der Waals surface area contributed by atoms with Crippen LogP contribution in [-0.4, -0.2) is 4.57 Å². The van der Waals surface area contributed by atoms with Crippen molar-refractivity contribution in [2.75, 3.05) is 0 Å². The van der Waals surface area contributed by atoms with Crippen LogP contribution in [0, 0.1) is 0 Å². The van der Waals surface area contributed by atoms with E-state index < -0.39 is 0 Å². The SMILES string of the molecule is Cn1c2cc3c(cc2c2cccc(-c4ccccc4)c21)oc1ccccc13. The highest BCUT2D eigenvalue weighted by atomic mass is 16.3. The molecule has 0 fully saturated rings. The standard InChI is InChI=1S/C25H17NO/c1-26-22-14-21-18-10-5-6-13-23(18)27-24(21)15-20(22)19-12-7-11-17(25(19)26)16-8-3-2-4-9-16/h2-15H,1H3. The second kappa shape index (κ2) is 5.24. The van der Waals surface area contributed by atoms with Gasteiger partial charge in [-0.25, -0.2) is 0 Å². The van der Waals surface area contributed by atoms with Crippen LogP contribution < -0.4 is 0 Å². The minimum absolute atomic E-state index is 0.942. The maximum Gasteiger partial charge on any atom is 0.136 e. The fourth-order valence-corrected chi connectivity index (χ4v) is 4.35. The van der Waals surface area contributed by atoms with Gasteiger partial charge in [0.2, 0.25) is 0 Å². The Morgan fingerprint density at radius 1 is 0.630 bits per heavy atom. The number of nitrogens with zero attached hydrogens (tertiary/aromatic N) is 1. The Labute approximate surface area is 156 Å². The molecule has 0 aliphatic carbocycles. The van der Waals surface area contributed by atoms with Crippen LogP contribution in [0.5, 0.6) is 0 Å². The van der Waals surface area contributed by atoms with Gasteiger partial charge >= 0.3 is 0 Å². The van der Waals surface area contributed by atoms with Crippen molar-refractivity contribution in [3.05, 3.63) is 84.9 Å². The fraction of sp³-hybridized carbons (Fsp3) is 0.0400. The van der Waals surface area contributed by atoms with Gasteiger partial charge in [-0.3, -0.25) is 0 Å². The van der Waals surface area contributed by atoms with E-state index in [-0.39, 0.29) is 0 Å². The molecule has 0 saturated heterocycles. The highest BCUT2D eigenvalue weighted by molar-refractivity contribution is 6.18. The van der Waals surface area contributed by atoms with Crippen LogP contribution in [0.3, 0.4) is 0 Å². The molecule has 2 aromatic heterocycles. The van der Waals surface area contributed by atoms with E-state index in [1.54, 1.807) is 0 Å². The predicted molar refractivity (Wildman–Crippen MR) is 113 cm³/mol. The van der Waals surface area contributed by atoms with Crippen LogP contribution in [-0.2, 0) is 7.05 Å². The molecule has 0 aliphatic rings. The Morgan fingerprint density at radius 2 is 1.41 bits per heavy atom. The quantitative estimate of drug-likeness (QED) is 0.316. The fourth-order valence-electron chi connectivity index (χ4n) is 4.35. The lowest BCUT2D eigenvalue weighted by molar-refractivity contribution is 0.669. The third kappa shape index (κ3) is 1.95. The molecule has 128 valence electrons. The van der Waals surface area contributed by atoms with E-state index in [2.05, 4.69) is 84.4 Å². The first kappa shape index (κ1) is 14.6. The van der Waals surface area contributed by atoms with Gasteiger partial charge in [0.15, 0.2) is 0 Å². The molecule has 2 heteroatoms. The topological polar surface area (TPSA) is 18.1 Å². The Balaban J connectivity index is 1.78. The van der Waals surface area contributed by atoms with Crippen LogP contribution in [0.1, 0.15) is 0 Å². The van der Waals surface area contributed by atoms with E-state index in [0.29, 0.717) is 0 Å². The maximum absolute atomic E-state index is 6.12. The zero-order chi connectivity index (χ0) is 18.0. The monoisotopic (exact) mass is 347 g/mol. The Morgan fingerprint density at radius 3 is 2.30 bits per heavy atom. The van der Waals surface area contributed by atoms with Crippen molar-refractivity contribution >= 4 is 43.7 Å². The molecule has 27 heavy (non-hydrogen) atoms. The lowest BCUT2D eigenvalue weighted by atomic mass is 10.0. The van der Waals surface area contributed by atoms with E-state index in [0.717, 1.165) is 11.2 Å². The number of aryl methyl sites for hydroxylation is 1. The van der Waals surface area contributed by atoms with Crippen molar-refractivity contribution in [1.29, 1.82) is 0 Å². The lowest BCUT2D eigenvalue weighted by Gasteiger charge is -2.06. The average molecular weight is 347 g/mol. The molecule has 0 radical (unpaired) electrons. The normalized spacial score (nSPS) is 11.9. The third-order valence-electron chi connectivity index (χ3n) is 5.60. The number of para-hydroxylation sites is 2. The molecule has 4 aromatic carbocycles. The summed E-state index contributed by atoms with van der Waals surface area (Å²) in [7, 11) is 2.16. The predicted octanol–water partition coefficient (Wildman–Crippen LogP) is 6.90. The molecular weight excluding hydrogens is 330 g/mol. The zero-order valence-electron chi connectivity index (χ0n) is 14.9. The number of hydrogen-bond donors (Lipinski definition) is 0. The van der Waals surface area contributed by atoms with E-state index >= 15 is 0 Å². The number of benzene rings is 4. The molecular formula is C25H17NO. The molecule has 0 aliphatic heterocycles. The molecule has 2 nitrogen and oxygen atoms in total. The van der Waals surface area contributed by atoms with E-state index in [1.807, 2.05) is 12.1 Å². The molecule has 0 bridgehead atoms. The van der Waals surface area contributed by atoms with E-state index in [4.69, 9.17) is 4.42 Å². The van der Waals surface area contributed by atoms with Crippen molar-refractivity contribution in [3.63, 3.8) is 0 Å². The zero-order valence-corrected chi connectivity index (χ0v) is 14.9. The van der Waals surface area contributed by atoms with Crippen LogP contribution in [0.25, 0.3) is 54.9 Å². The van der Waals surface area contributed by atoms with E-state index in [9.17, 15) is 0 Å². The van der Waals surface area contributed by atoms with Crippen LogP contribution in [0.2, 0.25) is 0 Å². The van der Waals surface area contributed by atoms with Gasteiger partial charge in [0, 0.05) is 39.7 Å². The molecule has 6 aromatic rings. The summed E-state index contributed by atoms with van der Waals surface area (Å²) < 4.78 is 8.44. The molecule has 0 atom stereocenters. The summed E-state index contributed by atoms with van der Waals surface area (Å²) in [6.07, 6.45) is 0. The summed E-state index contributed by atoms with van der Waals surface area (Å²) >= 11 is 0. The van der Waals surface area contributed by atoms with Gasteiger partial charge in [-0.1, -0.05) is 66.7 Å².